The van der Waals surface area contributed by atoms with Gasteiger partial charge < -0.3 is 5.11 Å². The molecule has 0 heterocycles. The second-order valence-electron chi connectivity index (χ2n) is 6.09. The molecule has 0 bridgehead atoms. The van der Waals surface area contributed by atoms with Crippen LogP contribution < -0.4 is 0 Å². The molecule has 0 fully saturated rings. The van der Waals surface area contributed by atoms with Crippen LogP contribution in [0.1, 0.15) is 37.5 Å². The summed E-state index contributed by atoms with van der Waals surface area (Å²) >= 11 is 0. The van der Waals surface area contributed by atoms with Gasteiger partial charge in [0.1, 0.15) is 5.75 Å². The second kappa shape index (κ2) is 5.49. The topological polar surface area (TPSA) is 32.6 Å². The van der Waals surface area contributed by atoms with E-state index in [0.717, 1.165) is 16.8 Å². The monoisotopic (exact) mass is 267 g/mol. The van der Waals surface area contributed by atoms with Gasteiger partial charge in [0, 0.05) is 11.8 Å². The van der Waals surface area contributed by atoms with E-state index in [2.05, 4.69) is 25.8 Å². The van der Waals surface area contributed by atoms with Crippen LogP contribution >= 0.6 is 0 Å². The van der Waals surface area contributed by atoms with E-state index in [0.29, 0.717) is 5.75 Å². The molecule has 0 aromatic heterocycles. The number of nitrogens with zero attached hydrogens (tertiary/aromatic N) is 1. The largest absolute Gasteiger partial charge is 0.507 e. The van der Waals surface area contributed by atoms with Crippen LogP contribution in [0.3, 0.4) is 0 Å². The number of hydrogen-bond acceptors (Lipinski definition) is 2. The molecular weight excluding hydrogens is 246 g/mol. The lowest BCUT2D eigenvalue weighted by Gasteiger charge is -2.21. The first-order chi connectivity index (χ1) is 9.38. The number of hydrogen-bond donors (Lipinski definition) is 1. The molecule has 0 unspecified atom stereocenters. The highest BCUT2D eigenvalue weighted by Gasteiger charge is 2.18. The molecule has 2 rings (SSSR count). The van der Waals surface area contributed by atoms with Crippen LogP contribution in [0.4, 0.5) is 5.69 Å². The molecule has 0 saturated heterocycles. The fourth-order valence-electron chi connectivity index (χ4n) is 2.05. The van der Waals surface area contributed by atoms with Gasteiger partial charge in [0.25, 0.3) is 0 Å². The molecule has 0 spiro atoms. The van der Waals surface area contributed by atoms with Gasteiger partial charge in [0.15, 0.2) is 0 Å². The lowest BCUT2D eigenvalue weighted by atomic mass is 9.85. The Morgan fingerprint density at radius 1 is 1.00 bits per heavy atom. The first-order valence-corrected chi connectivity index (χ1v) is 6.81. The molecule has 0 radical (unpaired) electrons. The number of phenols is 1. The van der Waals surface area contributed by atoms with Crippen molar-refractivity contribution < 1.29 is 5.11 Å². The van der Waals surface area contributed by atoms with E-state index in [-0.39, 0.29) is 5.41 Å². The smallest absolute Gasteiger partial charge is 0.128 e. The average Bonchev–Trinajstić information content (AvgIpc) is 2.38. The van der Waals surface area contributed by atoms with E-state index in [4.69, 9.17) is 0 Å². The molecule has 0 aliphatic heterocycles. The minimum atomic E-state index is -0.0855. The number of rotatable bonds is 2. The summed E-state index contributed by atoms with van der Waals surface area (Å²) in [6, 6.07) is 13.8. The molecule has 2 heteroatoms. The summed E-state index contributed by atoms with van der Waals surface area (Å²) < 4.78 is 0. The van der Waals surface area contributed by atoms with Crippen LogP contribution in [0, 0.1) is 6.92 Å². The second-order valence-corrected chi connectivity index (χ2v) is 6.09. The number of aryl methyl sites for hydroxylation is 1. The summed E-state index contributed by atoms with van der Waals surface area (Å²) in [7, 11) is 0. The van der Waals surface area contributed by atoms with E-state index in [1.165, 1.54) is 5.56 Å². The molecule has 0 aliphatic carbocycles. The minimum Gasteiger partial charge on any atom is -0.507 e. The van der Waals surface area contributed by atoms with Crippen molar-refractivity contribution in [2.75, 3.05) is 0 Å². The Balaban J connectivity index is 2.32. The number of benzene rings is 2. The Morgan fingerprint density at radius 2 is 1.65 bits per heavy atom. The minimum absolute atomic E-state index is 0.0855. The van der Waals surface area contributed by atoms with Crippen molar-refractivity contribution in [2.45, 2.75) is 33.1 Å². The van der Waals surface area contributed by atoms with Crippen LogP contribution in [0.25, 0.3) is 0 Å². The van der Waals surface area contributed by atoms with Gasteiger partial charge in [0.05, 0.1) is 5.69 Å². The Hall–Kier alpha value is -2.09. The van der Waals surface area contributed by atoms with Crippen molar-refractivity contribution in [1.82, 2.24) is 0 Å². The van der Waals surface area contributed by atoms with Crippen molar-refractivity contribution in [3.8, 4) is 5.75 Å². The lowest BCUT2D eigenvalue weighted by Crippen LogP contribution is -2.11. The SMILES string of the molecule is Cc1ccc(N=Cc2cccc(C(C)(C)C)c2O)cc1. The van der Waals surface area contributed by atoms with Gasteiger partial charge >= 0.3 is 0 Å². The molecule has 20 heavy (non-hydrogen) atoms. The standard InChI is InChI=1S/C18H21NO/c1-13-8-10-15(11-9-13)19-12-14-6-5-7-16(17(14)20)18(2,3)4/h5-12,20H,1-4H3. The summed E-state index contributed by atoms with van der Waals surface area (Å²) in [4.78, 5) is 4.42. The van der Waals surface area contributed by atoms with Gasteiger partial charge in [-0.25, -0.2) is 0 Å². The highest BCUT2D eigenvalue weighted by molar-refractivity contribution is 5.86. The predicted molar refractivity (Wildman–Crippen MR) is 85.2 cm³/mol. The normalized spacial score (nSPS) is 12.0. The fraction of sp³-hybridized carbons (Fsp3) is 0.278. The zero-order chi connectivity index (χ0) is 14.8. The molecule has 0 aliphatic rings. The van der Waals surface area contributed by atoms with E-state index in [1.54, 1.807) is 6.21 Å². The van der Waals surface area contributed by atoms with Crippen LogP contribution in [0.2, 0.25) is 0 Å². The Labute approximate surface area is 120 Å². The summed E-state index contributed by atoms with van der Waals surface area (Å²) in [6.07, 6.45) is 1.72. The summed E-state index contributed by atoms with van der Waals surface area (Å²) in [5, 5.41) is 10.4. The number of phenolic OH excluding ortho intramolecular Hbond substituents is 1. The quantitative estimate of drug-likeness (QED) is 0.782. The summed E-state index contributed by atoms with van der Waals surface area (Å²) in [5.74, 6) is 0.316. The van der Waals surface area contributed by atoms with Gasteiger partial charge in [-0.3, -0.25) is 4.99 Å². The summed E-state index contributed by atoms with van der Waals surface area (Å²) in [5.41, 5.74) is 3.69. The molecule has 0 saturated carbocycles. The third-order valence-electron chi connectivity index (χ3n) is 3.26. The molecule has 2 nitrogen and oxygen atoms in total. The third kappa shape index (κ3) is 3.27. The van der Waals surface area contributed by atoms with Gasteiger partial charge in [0.2, 0.25) is 0 Å². The molecule has 104 valence electrons. The van der Waals surface area contributed by atoms with Crippen LogP contribution in [0.15, 0.2) is 47.5 Å². The zero-order valence-electron chi connectivity index (χ0n) is 12.5. The Bertz CT molecular complexity index is 619. The molecule has 0 atom stereocenters. The van der Waals surface area contributed by atoms with Crippen molar-refractivity contribution >= 4 is 11.9 Å². The Morgan fingerprint density at radius 3 is 2.25 bits per heavy atom. The van der Waals surface area contributed by atoms with Crippen LogP contribution in [-0.4, -0.2) is 11.3 Å². The first kappa shape index (κ1) is 14.3. The van der Waals surface area contributed by atoms with E-state index < -0.39 is 0 Å². The highest BCUT2D eigenvalue weighted by Crippen LogP contribution is 2.32. The van der Waals surface area contributed by atoms with Gasteiger partial charge in [-0.1, -0.05) is 50.6 Å². The van der Waals surface area contributed by atoms with Gasteiger partial charge in [-0.05, 0) is 36.1 Å². The average molecular weight is 267 g/mol. The van der Waals surface area contributed by atoms with E-state index in [1.807, 2.05) is 49.4 Å². The highest BCUT2D eigenvalue weighted by atomic mass is 16.3. The molecule has 2 aromatic carbocycles. The van der Waals surface area contributed by atoms with Crippen molar-refractivity contribution in [1.29, 1.82) is 0 Å². The molecule has 2 aromatic rings. The molecular formula is C18H21NO. The maximum Gasteiger partial charge on any atom is 0.128 e. The number of aliphatic imine (C=N–C) groups is 1. The van der Waals surface area contributed by atoms with Crippen LogP contribution in [0.5, 0.6) is 5.75 Å². The van der Waals surface area contributed by atoms with Crippen molar-refractivity contribution in [3.63, 3.8) is 0 Å². The number of aromatic hydroxyl groups is 1. The first-order valence-electron chi connectivity index (χ1n) is 6.81. The molecule has 0 amide bonds. The molecule has 1 N–H and O–H groups in total. The van der Waals surface area contributed by atoms with E-state index >= 15 is 0 Å². The maximum atomic E-state index is 10.4. The van der Waals surface area contributed by atoms with Gasteiger partial charge in [-0.2, -0.15) is 0 Å². The Kier molecular flexibility index (Phi) is 3.93. The van der Waals surface area contributed by atoms with Crippen molar-refractivity contribution in [2.24, 2.45) is 4.99 Å². The van der Waals surface area contributed by atoms with Crippen molar-refractivity contribution in [3.05, 3.63) is 59.2 Å². The number of para-hydroxylation sites is 1. The zero-order valence-corrected chi connectivity index (χ0v) is 12.5. The lowest BCUT2D eigenvalue weighted by molar-refractivity contribution is 0.446. The summed E-state index contributed by atoms with van der Waals surface area (Å²) in [6.45, 7) is 8.31. The third-order valence-corrected chi connectivity index (χ3v) is 3.26. The fourth-order valence-corrected chi connectivity index (χ4v) is 2.05. The maximum absolute atomic E-state index is 10.4. The van der Waals surface area contributed by atoms with Gasteiger partial charge in [-0.15, -0.1) is 0 Å². The van der Waals surface area contributed by atoms with E-state index in [9.17, 15) is 5.11 Å². The predicted octanol–water partition coefficient (Wildman–Crippen LogP) is 4.75. The van der Waals surface area contributed by atoms with Crippen LogP contribution in [-0.2, 0) is 5.41 Å².